The summed E-state index contributed by atoms with van der Waals surface area (Å²) < 4.78 is 5.76. The fraction of sp³-hybridized carbons (Fsp3) is 0.105. The van der Waals surface area contributed by atoms with Crippen LogP contribution in [-0.2, 0) is 0 Å². The van der Waals surface area contributed by atoms with Gasteiger partial charge in [-0.05, 0) is 36.1 Å². The summed E-state index contributed by atoms with van der Waals surface area (Å²) in [6.07, 6.45) is 1.56. The molecule has 0 unspecified atom stereocenters. The van der Waals surface area contributed by atoms with Gasteiger partial charge < -0.3 is 15.5 Å². The summed E-state index contributed by atoms with van der Waals surface area (Å²) in [6.45, 7) is 2.00. The summed E-state index contributed by atoms with van der Waals surface area (Å²) >= 11 is 1.52. The molecule has 140 valence electrons. The first-order chi connectivity index (χ1) is 13.5. The lowest BCUT2D eigenvalue weighted by atomic mass is 10.1. The SMILES string of the molecule is CNC(=O)c1ccc(-c2cnc(N)c(-c3nnc(-c4cc(C)cs4)o3)n2)cc1. The van der Waals surface area contributed by atoms with Crippen LogP contribution in [0.3, 0.4) is 0 Å². The average molecular weight is 392 g/mol. The van der Waals surface area contributed by atoms with Gasteiger partial charge in [-0.25, -0.2) is 9.97 Å². The number of aryl methyl sites for hydroxylation is 1. The van der Waals surface area contributed by atoms with E-state index >= 15 is 0 Å². The molecule has 0 fully saturated rings. The normalized spacial score (nSPS) is 10.8. The van der Waals surface area contributed by atoms with Crippen LogP contribution in [0.2, 0.25) is 0 Å². The fourth-order valence-corrected chi connectivity index (χ4v) is 3.41. The average Bonchev–Trinajstić information content (AvgIpc) is 3.37. The van der Waals surface area contributed by atoms with Crippen LogP contribution in [-0.4, -0.2) is 33.1 Å². The Balaban J connectivity index is 1.68. The first kappa shape index (κ1) is 17.8. The van der Waals surface area contributed by atoms with Crippen molar-refractivity contribution in [2.75, 3.05) is 12.8 Å². The van der Waals surface area contributed by atoms with Crippen molar-refractivity contribution in [1.82, 2.24) is 25.5 Å². The van der Waals surface area contributed by atoms with Gasteiger partial charge in [0.05, 0.1) is 16.8 Å². The number of nitrogens with zero attached hydrogens (tertiary/aromatic N) is 4. The van der Waals surface area contributed by atoms with E-state index < -0.39 is 0 Å². The molecule has 1 amide bonds. The fourth-order valence-electron chi connectivity index (χ4n) is 2.59. The Morgan fingerprint density at radius 3 is 2.61 bits per heavy atom. The second-order valence-electron chi connectivity index (χ2n) is 6.05. The van der Waals surface area contributed by atoms with Crippen molar-refractivity contribution in [1.29, 1.82) is 0 Å². The quantitative estimate of drug-likeness (QED) is 0.547. The molecule has 0 radical (unpaired) electrons. The van der Waals surface area contributed by atoms with E-state index in [9.17, 15) is 4.79 Å². The molecule has 4 rings (SSSR count). The number of nitrogens with two attached hydrogens (primary N) is 1. The van der Waals surface area contributed by atoms with E-state index in [1.165, 1.54) is 11.3 Å². The van der Waals surface area contributed by atoms with Crippen LogP contribution >= 0.6 is 11.3 Å². The molecule has 0 aliphatic rings. The molecule has 0 aliphatic heterocycles. The van der Waals surface area contributed by atoms with Crippen molar-refractivity contribution in [2.24, 2.45) is 0 Å². The van der Waals surface area contributed by atoms with Crippen molar-refractivity contribution in [3.05, 3.63) is 53.0 Å². The Kier molecular flexibility index (Phi) is 4.58. The van der Waals surface area contributed by atoms with E-state index in [2.05, 4.69) is 25.5 Å². The van der Waals surface area contributed by atoms with E-state index in [0.717, 1.165) is 16.0 Å². The molecule has 0 spiro atoms. The molecule has 8 nitrogen and oxygen atoms in total. The van der Waals surface area contributed by atoms with E-state index in [1.807, 2.05) is 18.4 Å². The van der Waals surface area contributed by atoms with Gasteiger partial charge in [-0.3, -0.25) is 4.79 Å². The van der Waals surface area contributed by atoms with Gasteiger partial charge in [0.2, 0.25) is 0 Å². The molecule has 4 aromatic rings. The Labute approximate surface area is 164 Å². The lowest BCUT2D eigenvalue weighted by Gasteiger charge is -2.05. The number of nitrogen functional groups attached to an aromatic ring is 1. The molecule has 0 bridgehead atoms. The number of rotatable bonds is 4. The Morgan fingerprint density at radius 2 is 1.93 bits per heavy atom. The van der Waals surface area contributed by atoms with Gasteiger partial charge in [0.1, 0.15) is 0 Å². The Morgan fingerprint density at radius 1 is 1.18 bits per heavy atom. The summed E-state index contributed by atoms with van der Waals surface area (Å²) in [5, 5.41) is 12.8. The third-order valence-corrected chi connectivity index (χ3v) is 5.08. The molecular weight excluding hydrogens is 376 g/mol. The van der Waals surface area contributed by atoms with Gasteiger partial charge in [0.25, 0.3) is 17.7 Å². The lowest BCUT2D eigenvalue weighted by Crippen LogP contribution is -2.17. The van der Waals surface area contributed by atoms with Crippen molar-refractivity contribution < 1.29 is 9.21 Å². The summed E-state index contributed by atoms with van der Waals surface area (Å²) in [5.74, 6) is 0.658. The predicted molar refractivity (Wildman–Crippen MR) is 107 cm³/mol. The molecule has 0 saturated carbocycles. The number of carbonyl (C=O) groups is 1. The summed E-state index contributed by atoms with van der Waals surface area (Å²) in [5.41, 5.74) is 9.36. The number of nitrogens with one attached hydrogen (secondary N) is 1. The van der Waals surface area contributed by atoms with Gasteiger partial charge >= 0.3 is 0 Å². The highest BCUT2D eigenvalue weighted by Crippen LogP contribution is 2.30. The standard InChI is InChI=1S/C19H16N6O2S/c1-10-7-14(28-9-10)18-24-25-19(27-18)15-16(20)22-8-13(23-15)11-3-5-12(6-4-11)17(26)21-2/h3-9H,1-2H3,(H2,20,22)(H,21,26). The van der Waals surface area contributed by atoms with Crippen molar-refractivity contribution in [3.63, 3.8) is 0 Å². The van der Waals surface area contributed by atoms with Gasteiger partial charge in [-0.15, -0.1) is 21.5 Å². The number of amides is 1. The molecule has 28 heavy (non-hydrogen) atoms. The maximum Gasteiger partial charge on any atom is 0.270 e. The Bertz CT molecular complexity index is 1150. The van der Waals surface area contributed by atoms with Crippen LogP contribution in [0.5, 0.6) is 0 Å². The van der Waals surface area contributed by atoms with Crippen LogP contribution < -0.4 is 11.1 Å². The number of carbonyl (C=O) groups excluding carboxylic acids is 1. The summed E-state index contributed by atoms with van der Waals surface area (Å²) in [6, 6.07) is 9.00. The highest BCUT2D eigenvalue weighted by atomic mass is 32.1. The number of thiophene rings is 1. The minimum atomic E-state index is -0.155. The minimum Gasteiger partial charge on any atom is -0.414 e. The molecular formula is C19H16N6O2S. The highest BCUT2D eigenvalue weighted by molar-refractivity contribution is 7.13. The smallest absolute Gasteiger partial charge is 0.270 e. The van der Waals surface area contributed by atoms with Crippen LogP contribution in [0.25, 0.3) is 33.6 Å². The number of hydrogen-bond donors (Lipinski definition) is 2. The number of hydrogen-bond acceptors (Lipinski definition) is 8. The molecule has 0 saturated heterocycles. The van der Waals surface area contributed by atoms with Crippen molar-refractivity contribution >= 4 is 23.1 Å². The van der Waals surface area contributed by atoms with E-state index in [1.54, 1.807) is 37.5 Å². The van der Waals surface area contributed by atoms with Crippen LogP contribution in [0.1, 0.15) is 15.9 Å². The zero-order chi connectivity index (χ0) is 19.7. The molecule has 3 aromatic heterocycles. The van der Waals surface area contributed by atoms with Crippen LogP contribution in [0, 0.1) is 6.92 Å². The summed E-state index contributed by atoms with van der Waals surface area (Å²) in [7, 11) is 1.59. The molecule has 1 aromatic carbocycles. The van der Waals surface area contributed by atoms with E-state index in [4.69, 9.17) is 10.2 Å². The van der Waals surface area contributed by atoms with E-state index in [0.29, 0.717) is 22.8 Å². The number of aromatic nitrogens is 4. The monoisotopic (exact) mass is 392 g/mol. The second kappa shape index (κ2) is 7.20. The van der Waals surface area contributed by atoms with Gasteiger partial charge in [-0.2, -0.15) is 0 Å². The maximum absolute atomic E-state index is 11.7. The third kappa shape index (κ3) is 3.35. The third-order valence-electron chi connectivity index (χ3n) is 4.04. The lowest BCUT2D eigenvalue weighted by molar-refractivity contribution is 0.0963. The molecule has 0 atom stereocenters. The zero-order valence-corrected chi connectivity index (χ0v) is 15.9. The topological polar surface area (TPSA) is 120 Å². The molecule has 9 heteroatoms. The highest BCUT2D eigenvalue weighted by Gasteiger charge is 2.17. The first-order valence-electron chi connectivity index (χ1n) is 8.39. The Hall–Kier alpha value is -3.59. The predicted octanol–water partition coefficient (Wildman–Crippen LogP) is 3.17. The molecule has 0 aliphatic carbocycles. The largest absolute Gasteiger partial charge is 0.414 e. The zero-order valence-electron chi connectivity index (χ0n) is 15.1. The molecule has 3 heterocycles. The van der Waals surface area contributed by atoms with Crippen molar-refractivity contribution in [2.45, 2.75) is 6.92 Å². The minimum absolute atomic E-state index is 0.155. The van der Waals surface area contributed by atoms with Gasteiger partial charge in [-0.1, -0.05) is 12.1 Å². The van der Waals surface area contributed by atoms with Crippen LogP contribution in [0.4, 0.5) is 5.82 Å². The van der Waals surface area contributed by atoms with Crippen LogP contribution in [0.15, 0.2) is 46.3 Å². The van der Waals surface area contributed by atoms with Gasteiger partial charge in [0, 0.05) is 18.2 Å². The van der Waals surface area contributed by atoms with Crippen molar-refractivity contribution in [3.8, 4) is 33.6 Å². The number of benzene rings is 1. The summed E-state index contributed by atoms with van der Waals surface area (Å²) in [4.78, 5) is 21.3. The number of anilines is 1. The first-order valence-corrected chi connectivity index (χ1v) is 9.27. The maximum atomic E-state index is 11.7. The molecule has 3 N–H and O–H groups in total. The van der Waals surface area contributed by atoms with E-state index in [-0.39, 0.29) is 17.6 Å². The van der Waals surface area contributed by atoms with Gasteiger partial charge in [0.15, 0.2) is 11.5 Å². The second-order valence-corrected chi connectivity index (χ2v) is 6.96.